The lowest BCUT2D eigenvalue weighted by Gasteiger charge is -2.24. The second kappa shape index (κ2) is 6.42. The number of para-hydroxylation sites is 2. The van der Waals surface area contributed by atoms with Crippen molar-refractivity contribution in [2.24, 2.45) is 11.7 Å². The Bertz CT molecular complexity index is 696. The Kier molecular flexibility index (Phi) is 4.35. The second-order valence-corrected chi connectivity index (χ2v) is 6.29. The quantitative estimate of drug-likeness (QED) is 0.928. The van der Waals surface area contributed by atoms with Gasteiger partial charge in [-0.05, 0) is 35.7 Å². The van der Waals surface area contributed by atoms with Crippen molar-refractivity contribution in [1.82, 2.24) is 0 Å². The van der Waals surface area contributed by atoms with E-state index in [2.05, 4.69) is 24.9 Å². The molecule has 1 unspecified atom stereocenters. The molecule has 0 radical (unpaired) electrons. The number of fused-ring (bicyclic) bond motifs is 1. The molecule has 0 bridgehead atoms. The Hall–Kier alpha value is -2.33. The first-order valence-electron chi connectivity index (χ1n) is 8.01. The molecule has 3 rings (SSSR count). The SMILES string of the molecule is CC1CN(C)c2ccccc2N(C(=O)c2ccc(CN)cc2)C1. The van der Waals surface area contributed by atoms with Gasteiger partial charge in [0.05, 0.1) is 11.4 Å². The number of benzene rings is 2. The van der Waals surface area contributed by atoms with E-state index in [-0.39, 0.29) is 5.91 Å². The highest BCUT2D eigenvalue weighted by atomic mass is 16.2. The Balaban J connectivity index is 1.99. The van der Waals surface area contributed by atoms with Crippen molar-refractivity contribution in [3.8, 4) is 0 Å². The molecule has 2 aromatic carbocycles. The first-order valence-corrected chi connectivity index (χ1v) is 8.01. The summed E-state index contributed by atoms with van der Waals surface area (Å²) in [6.07, 6.45) is 0. The van der Waals surface area contributed by atoms with Gasteiger partial charge in [-0.3, -0.25) is 4.79 Å². The topological polar surface area (TPSA) is 49.6 Å². The number of hydrogen-bond acceptors (Lipinski definition) is 3. The van der Waals surface area contributed by atoms with Crippen LogP contribution in [0.2, 0.25) is 0 Å². The highest BCUT2D eigenvalue weighted by molar-refractivity contribution is 6.08. The molecule has 0 saturated carbocycles. The van der Waals surface area contributed by atoms with Crippen molar-refractivity contribution in [2.75, 3.05) is 29.9 Å². The summed E-state index contributed by atoms with van der Waals surface area (Å²) in [6, 6.07) is 15.7. The smallest absolute Gasteiger partial charge is 0.258 e. The predicted molar refractivity (Wildman–Crippen MR) is 94.9 cm³/mol. The highest BCUT2D eigenvalue weighted by Crippen LogP contribution is 2.33. The average molecular weight is 309 g/mol. The third kappa shape index (κ3) is 3.08. The van der Waals surface area contributed by atoms with Crippen LogP contribution in [-0.2, 0) is 6.54 Å². The van der Waals surface area contributed by atoms with Gasteiger partial charge >= 0.3 is 0 Å². The van der Waals surface area contributed by atoms with Crippen molar-refractivity contribution in [3.63, 3.8) is 0 Å². The molecule has 0 aliphatic carbocycles. The molecule has 2 N–H and O–H groups in total. The van der Waals surface area contributed by atoms with Crippen molar-refractivity contribution >= 4 is 17.3 Å². The normalized spacial score (nSPS) is 17.6. The van der Waals surface area contributed by atoms with Gasteiger partial charge < -0.3 is 15.5 Å². The lowest BCUT2D eigenvalue weighted by atomic mass is 10.1. The Morgan fingerprint density at radius 1 is 1.09 bits per heavy atom. The lowest BCUT2D eigenvalue weighted by molar-refractivity contribution is 0.0984. The molecule has 0 aromatic heterocycles. The summed E-state index contributed by atoms with van der Waals surface area (Å²) in [5.74, 6) is 0.447. The molecule has 1 aliphatic heterocycles. The number of anilines is 2. The standard InChI is InChI=1S/C19H23N3O/c1-14-12-21(2)17-5-3-4-6-18(17)22(13-14)19(23)16-9-7-15(11-20)8-10-16/h3-10,14H,11-13,20H2,1-2H3. The van der Waals surface area contributed by atoms with Gasteiger partial charge in [-0.1, -0.05) is 31.2 Å². The van der Waals surface area contributed by atoms with Crippen molar-refractivity contribution in [2.45, 2.75) is 13.5 Å². The number of carbonyl (C=O) groups is 1. The van der Waals surface area contributed by atoms with Gasteiger partial charge in [-0.15, -0.1) is 0 Å². The summed E-state index contributed by atoms with van der Waals surface area (Å²) in [6.45, 7) is 4.33. The van der Waals surface area contributed by atoms with E-state index < -0.39 is 0 Å². The maximum atomic E-state index is 13.0. The monoisotopic (exact) mass is 309 g/mol. The summed E-state index contributed by atoms with van der Waals surface area (Å²) in [5, 5.41) is 0. The van der Waals surface area contributed by atoms with Crippen LogP contribution < -0.4 is 15.5 Å². The van der Waals surface area contributed by atoms with E-state index in [9.17, 15) is 4.79 Å². The molecule has 0 spiro atoms. The van der Waals surface area contributed by atoms with Gasteiger partial charge in [0.1, 0.15) is 0 Å². The largest absolute Gasteiger partial charge is 0.373 e. The van der Waals surface area contributed by atoms with E-state index in [0.29, 0.717) is 18.0 Å². The lowest BCUT2D eigenvalue weighted by Crippen LogP contribution is -2.34. The van der Waals surface area contributed by atoms with E-state index in [4.69, 9.17) is 5.73 Å². The van der Waals surface area contributed by atoms with Gasteiger partial charge in [0.25, 0.3) is 5.91 Å². The van der Waals surface area contributed by atoms with Crippen molar-refractivity contribution < 1.29 is 4.79 Å². The molecule has 2 aromatic rings. The Morgan fingerprint density at radius 2 is 1.74 bits per heavy atom. The van der Waals surface area contributed by atoms with E-state index in [0.717, 1.165) is 30.0 Å². The number of nitrogens with two attached hydrogens (primary N) is 1. The number of carbonyl (C=O) groups excluding carboxylic acids is 1. The molecule has 1 heterocycles. The van der Waals surface area contributed by atoms with E-state index in [1.165, 1.54) is 0 Å². The average Bonchev–Trinajstić information content (AvgIpc) is 2.71. The third-order valence-corrected chi connectivity index (χ3v) is 4.35. The van der Waals surface area contributed by atoms with Crippen LogP contribution in [0, 0.1) is 5.92 Å². The zero-order valence-electron chi connectivity index (χ0n) is 13.7. The maximum Gasteiger partial charge on any atom is 0.258 e. The van der Waals surface area contributed by atoms with Crippen molar-refractivity contribution in [3.05, 3.63) is 59.7 Å². The van der Waals surface area contributed by atoms with Gasteiger partial charge in [-0.2, -0.15) is 0 Å². The summed E-state index contributed by atoms with van der Waals surface area (Å²) < 4.78 is 0. The van der Waals surface area contributed by atoms with Crippen LogP contribution in [0.1, 0.15) is 22.8 Å². The van der Waals surface area contributed by atoms with E-state index in [1.54, 1.807) is 0 Å². The van der Waals surface area contributed by atoms with Gasteiger partial charge in [0, 0.05) is 32.2 Å². The van der Waals surface area contributed by atoms with E-state index in [1.807, 2.05) is 47.4 Å². The van der Waals surface area contributed by atoms with Crippen LogP contribution in [0.25, 0.3) is 0 Å². The molecule has 120 valence electrons. The molecule has 0 saturated heterocycles. The van der Waals surface area contributed by atoms with Crippen LogP contribution in [-0.4, -0.2) is 26.0 Å². The first kappa shape index (κ1) is 15.6. The zero-order valence-corrected chi connectivity index (χ0v) is 13.7. The summed E-state index contributed by atoms with van der Waals surface area (Å²) >= 11 is 0. The molecule has 0 fully saturated rings. The molecule has 1 atom stereocenters. The predicted octanol–water partition coefficient (Wildman–Crippen LogP) is 2.88. The zero-order chi connectivity index (χ0) is 16.4. The fourth-order valence-electron chi connectivity index (χ4n) is 3.18. The summed E-state index contributed by atoms with van der Waals surface area (Å²) in [7, 11) is 2.08. The highest BCUT2D eigenvalue weighted by Gasteiger charge is 2.27. The fourth-order valence-corrected chi connectivity index (χ4v) is 3.18. The summed E-state index contributed by atoms with van der Waals surface area (Å²) in [5.41, 5.74) is 9.45. The van der Waals surface area contributed by atoms with Gasteiger partial charge in [-0.25, -0.2) is 0 Å². The molecule has 1 aliphatic rings. The molecule has 1 amide bonds. The minimum atomic E-state index is 0.0446. The number of rotatable bonds is 2. The van der Waals surface area contributed by atoms with Gasteiger partial charge in [0.2, 0.25) is 0 Å². The minimum absolute atomic E-state index is 0.0446. The van der Waals surface area contributed by atoms with Crippen molar-refractivity contribution in [1.29, 1.82) is 0 Å². The molecule has 4 nitrogen and oxygen atoms in total. The molecule has 23 heavy (non-hydrogen) atoms. The molecule has 4 heteroatoms. The Labute approximate surface area is 137 Å². The van der Waals surface area contributed by atoms with Crippen LogP contribution >= 0.6 is 0 Å². The number of nitrogens with zero attached hydrogens (tertiary/aromatic N) is 2. The molecular weight excluding hydrogens is 286 g/mol. The second-order valence-electron chi connectivity index (χ2n) is 6.29. The van der Waals surface area contributed by atoms with Crippen LogP contribution in [0.15, 0.2) is 48.5 Å². The van der Waals surface area contributed by atoms with Gasteiger partial charge in [0.15, 0.2) is 0 Å². The van der Waals surface area contributed by atoms with Crippen LogP contribution in [0.5, 0.6) is 0 Å². The van der Waals surface area contributed by atoms with Crippen LogP contribution in [0.3, 0.4) is 0 Å². The van der Waals surface area contributed by atoms with E-state index >= 15 is 0 Å². The van der Waals surface area contributed by atoms with Crippen LogP contribution in [0.4, 0.5) is 11.4 Å². The number of amides is 1. The Morgan fingerprint density at radius 3 is 2.39 bits per heavy atom. The first-order chi connectivity index (χ1) is 11.1. The maximum absolute atomic E-state index is 13.0. The summed E-state index contributed by atoms with van der Waals surface area (Å²) in [4.78, 5) is 17.2. The fraction of sp³-hybridized carbons (Fsp3) is 0.316. The molecular formula is C19H23N3O. The minimum Gasteiger partial charge on any atom is -0.373 e. The number of hydrogen-bond donors (Lipinski definition) is 1. The third-order valence-electron chi connectivity index (χ3n) is 4.35.